The molecule has 0 fully saturated rings. The zero-order chi connectivity index (χ0) is 21.8. The van der Waals surface area contributed by atoms with Crippen LogP contribution in [-0.2, 0) is 24.9 Å². The van der Waals surface area contributed by atoms with Crippen molar-refractivity contribution in [3.63, 3.8) is 0 Å². The zero-order valence-corrected chi connectivity index (χ0v) is 18.6. The molecule has 0 aliphatic rings. The van der Waals surface area contributed by atoms with Crippen LogP contribution in [0.3, 0.4) is 0 Å². The van der Waals surface area contributed by atoms with Gasteiger partial charge in [0.15, 0.2) is 0 Å². The maximum Gasteiger partial charge on any atom is 0.317 e. The number of benzene rings is 1. The third-order valence-corrected chi connectivity index (χ3v) is 5.17. The molecule has 2 aromatic rings. The van der Waals surface area contributed by atoms with E-state index < -0.39 is 0 Å². The molecule has 0 unspecified atom stereocenters. The number of urea groups is 1. The third-order valence-electron chi connectivity index (χ3n) is 5.17. The van der Waals surface area contributed by atoms with E-state index in [9.17, 15) is 9.59 Å². The first-order valence-corrected chi connectivity index (χ1v) is 11.0. The van der Waals surface area contributed by atoms with Crippen LogP contribution in [0, 0.1) is 0 Å². The van der Waals surface area contributed by atoms with Crippen molar-refractivity contribution in [1.82, 2.24) is 19.7 Å². The molecule has 0 spiro atoms. The van der Waals surface area contributed by atoms with Gasteiger partial charge >= 0.3 is 6.03 Å². The van der Waals surface area contributed by atoms with Gasteiger partial charge in [-0.1, -0.05) is 57.0 Å². The quantitative estimate of drug-likeness (QED) is 0.532. The summed E-state index contributed by atoms with van der Waals surface area (Å²) in [6.07, 6.45) is 5.80. The predicted molar refractivity (Wildman–Crippen MR) is 121 cm³/mol. The van der Waals surface area contributed by atoms with Crippen LogP contribution < -0.4 is 5.32 Å². The number of carbonyl (C=O) groups is 2. The summed E-state index contributed by atoms with van der Waals surface area (Å²) in [6.45, 7) is 6.53. The molecule has 1 aromatic heterocycles. The maximum atomic E-state index is 13.3. The van der Waals surface area contributed by atoms with Crippen molar-refractivity contribution in [3.8, 4) is 0 Å². The summed E-state index contributed by atoms with van der Waals surface area (Å²) in [5.74, 6) is -0.0400. The summed E-state index contributed by atoms with van der Waals surface area (Å²) in [5, 5.41) is 2.95. The molecule has 0 radical (unpaired) electrons. The Morgan fingerprint density at radius 1 is 0.933 bits per heavy atom. The van der Waals surface area contributed by atoms with Crippen LogP contribution in [0.4, 0.5) is 4.79 Å². The number of unbranched alkanes of at least 4 members (excludes halogenated alkanes) is 2. The summed E-state index contributed by atoms with van der Waals surface area (Å²) in [4.78, 5) is 29.4. The molecule has 1 heterocycles. The van der Waals surface area contributed by atoms with Gasteiger partial charge in [-0.3, -0.25) is 4.79 Å². The van der Waals surface area contributed by atoms with Gasteiger partial charge < -0.3 is 19.7 Å². The topological polar surface area (TPSA) is 57.6 Å². The van der Waals surface area contributed by atoms with E-state index in [1.54, 1.807) is 4.90 Å². The number of nitrogens with one attached hydrogen (secondary N) is 1. The standard InChI is InChI=1S/C24H36N4O2/c1-4-6-15-25-24(30)27(17-7-5-2)20-23(29)28(18-21-12-9-8-10-13-21)19-22-14-11-16-26(22)3/h8-14,16H,4-7,15,17-20H2,1-3H3,(H,25,30). The van der Waals surface area contributed by atoms with Crippen molar-refractivity contribution in [2.75, 3.05) is 19.6 Å². The van der Waals surface area contributed by atoms with Crippen molar-refractivity contribution < 1.29 is 9.59 Å². The first-order chi connectivity index (χ1) is 14.5. The second kappa shape index (κ2) is 12.7. The Bertz CT molecular complexity index is 773. The largest absolute Gasteiger partial charge is 0.353 e. The Kier molecular flexibility index (Phi) is 9.98. The smallest absolute Gasteiger partial charge is 0.317 e. The van der Waals surface area contributed by atoms with Gasteiger partial charge in [0.25, 0.3) is 0 Å². The number of nitrogens with zero attached hydrogens (tertiary/aromatic N) is 3. The lowest BCUT2D eigenvalue weighted by Gasteiger charge is -2.28. The van der Waals surface area contributed by atoms with E-state index in [2.05, 4.69) is 19.2 Å². The molecular weight excluding hydrogens is 376 g/mol. The third kappa shape index (κ3) is 7.58. The van der Waals surface area contributed by atoms with Crippen molar-refractivity contribution in [3.05, 3.63) is 59.9 Å². The predicted octanol–water partition coefficient (Wildman–Crippen LogP) is 4.17. The highest BCUT2D eigenvalue weighted by Gasteiger charge is 2.22. The molecule has 2 rings (SSSR count). The molecule has 6 nitrogen and oxygen atoms in total. The highest BCUT2D eigenvalue weighted by atomic mass is 16.2. The van der Waals surface area contributed by atoms with Gasteiger partial charge in [0.05, 0.1) is 6.54 Å². The van der Waals surface area contributed by atoms with Gasteiger partial charge in [0.1, 0.15) is 6.54 Å². The van der Waals surface area contributed by atoms with E-state index in [0.29, 0.717) is 26.2 Å². The van der Waals surface area contributed by atoms with Crippen molar-refractivity contribution in [1.29, 1.82) is 0 Å². The lowest BCUT2D eigenvalue weighted by Crippen LogP contribution is -2.47. The second-order valence-corrected chi connectivity index (χ2v) is 7.71. The summed E-state index contributed by atoms with van der Waals surface area (Å²) in [7, 11) is 1.98. The van der Waals surface area contributed by atoms with Crippen LogP contribution in [0.15, 0.2) is 48.7 Å². The summed E-state index contributed by atoms with van der Waals surface area (Å²) in [6, 6.07) is 13.8. The Labute approximate surface area is 180 Å². The molecule has 0 aliphatic carbocycles. The monoisotopic (exact) mass is 412 g/mol. The highest BCUT2D eigenvalue weighted by molar-refractivity contribution is 5.84. The fourth-order valence-corrected chi connectivity index (χ4v) is 3.24. The van der Waals surface area contributed by atoms with E-state index in [1.165, 1.54) is 0 Å². The maximum absolute atomic E-state index is 13.3. The lowest BCUT2D eigenvalue weighted by molar-refractivity contribution is -0.133. The van der Waals surface area contributed by atoms with Crippen LogP contribution in [0.5, 0.6) is 0 Å². The average Bonchev–Trinajstić information content (AvgIpc) is 3.15. The second-order valence-electron chi connectivity index (χ2n) is 7.71. The lowest BCUT2D eigenvalue weighted by atomic mass is 10.2. The molecule has 6 heteroatoms. The average molecular weight is 413 g/mol. The number of carbonyl (C=O) groups excluding carboxylic acids is 2. The SMILES string of the molecule is CCCCNC(=O)N(CCCC)CC(=O)N(Cc1ccccc1)Cc1cccn1C. The van der Waals surface area contributed by atoms with Gasteiger partial charge in [0.2, 0.25) is 5.91 Å². The molecule has 0 aliphatic heterocycles. The van der Waals surface area contributed by atoms with Gasteiger partial charge in [0, 0.05) is 38.6 Å². The molecule has 0 bridgehead atoms. The first-order valence-electron chi connectivity index (χ1n) is 11.0. The van der Waals surface area contributed by atoms with Gasteiger partial charge in [-0.25, -0.2) is 4.79 Å². The number of amides is 3. The Balaban J connectivity index is 2.12. The van der Waals surface area contributed by atoms with Crippen molar-refractivity contribution in [2.24, 2.45) is 7.05 Å². The van der Waals surface area contributed by atoms with Crippen LogP contribution in [0.2, 0.25) is 0 Å². The molecule has 164 valence electrons. The van der Waals surface area contributed by atoms with Crippen molar-refractivity contribution >= 4 is 11.9 Å². The van der Waals surface area contributed by atoms with E-state index in [0.717, 1.165) is 36.9 Å². The molecule has 1 N–H and O–H groups in total. The van der Waals surface area contributed by atoms with Gasteiger partial charge in [-0.2, -0.15) is 0 Å². The van der Waals surface area contributed by atoms with Gasteiger partial charge in [-0.05, 0) is 30.5 Å². The number of hydrogen-bond acceptors (Lipinski definition) is 2. The van der Waals surface area contributed by atoms with Crippen LogP contribution >= 0.6 is 0 Å². The molecule has 30 heavy (non-hydrogen) atoms. The molecule has 0 saturated carbocycles. The molecule has 3 amide bonds. The van der Waals surface area contributed by atoms with E-state index in [4.69, 9.17) is 0 Å². The fraction of sp³-hybridized carbons (Fsp3) is 0.500. The summed E-state index contributed by atoms with van der Waals surface area (Å²) in [5.41, 5.74) is 2.14. The summed E-state index contributed by atoms with van der Waals surface area (Å²) < 4.78 is 2.03. The summed E-state index contributed by atoms with van der Waals surface area (Å²) >= 11 is 0. The molecule has 0 saturated heterocycles. The zero-order valence-electron chi connectivity index (χ0n) is 18.6. The van der Waals surface area contributed by atoms with Gasteiger partial charge in [-0.15, -0.1) is 0 Å². The normalized spacial score (nSPS) is 10.6. The number of rotatable bonds is 12. The minimum Gasteiger partial charge on any atom is -0.353 e. The Morgan fingerprint density at radius 2 is 1.67 bits per heavy atom. The highest BCUT2D eigenvalue weighted by Crippen LogP contribution is 2.12. The Morgan fingerprint density at radius 3 is 2.30 bits per heavy atom. The molecule has 0 atom stereocenters. The minimum atomic E-state index is -0.149. The number of aromatic nitrogens is 1. The molecular formula is C24H36N4O2. The van der Waals surface area contributed by atoms with E-state index >= 15 is 0 Å². The first kappa shape index (κ1) is 23.5. The van der Waals surface area contributed by atoms with Crippen LogP contribution in [0.1, 0.15) is 50.8 Å². The van der Waals surface area contributed by atoms with Crippen LogP contribution in [0.25, 0.3) is 0 Å². The molecule has 1 aromatic carbocycles. The van der Waals surface area contributed by atoms with Crippen LogP contribution in [-0.4, -0.2) is 45.9 Å². The van der Waals surface area contributed by atoms with E-state index in [-0.39, 0.29) is 18.5 Å². The fourth-order valence-electron chi connectivity index (χ4n) is 3.24. The Hall–Kier alpha value is -2.76. The number of hydrogen-bond donors (Lipinski definition) is 1. The number of aryl methyl sites for hydroxylation is 1. The van der Waals surface area contributed by atoms with E-state index in [1.807, 2.05) is 65.2 Å². The van der Waals surface area contributed by atoms with Crippen molar-refractivity contribution in [2.45, 2.75) is 52.6 Å². The minimum absolute atomic E-state index is 0.0400.